The maximum absolute atomic E-state index is 14.5. The van der Waals surface area contributed by atoms with Crippen molar-refractivity contribution >= 4 is 80.8 Å². The second kappa shape index (κ2) is 21.8. The first-order valence-corrected chi connectivity index (χ1v) is 26.0. The third-order valence-corrected chi connectivity index (χ3v) is 15.7. The fourth-order valence-corrected chi connectivity index (χ4v) is 11.3. The van der Waals surface area contributed by atoms with Crippen molar-refractivity contribution in [2.24, 2.45) is 0 Å². The highest BCUT2D eigenvalue weighted by Crippen LogP contribution is 2.39. The Bertz CT molecular complexity index is 3180. The molecule has 1 unspecified atom stereocenters. The Morgan fingerprint density at radius 1 is 0.907 bits per heavy atom. The number of piperidine rings is 1. The molecule has 75 heavy (non-hydrogen) atoms. The number of carbonyl (C=O) groups is 5. The molecule has 0 bridgehead atoms. The smallest absolute Gasteiger partial charge is 0.319 e. The van der Waals surface area contributed by atoms with Crippen LogP contribution in [0.3, 0.4) is 0 Å². The van der Waals surface area contributed by atoms with Crippen LogP contribution in [0.15, 0.2) is 78.9 Å². The number of carbonyl (C=O) groups excluding carboxylic acids is 5. The molecule has 5 aliphatic heterocycles. The number of nitrogens with zero attached hydrogens (tertiary/aromatic N) is 8. The van der Waals surface area contributed by atoms with E-state index >= 15 is 0 Å². The molecule has 0 spiro atoms. The summed E-state index contributed by atoms with van der Waals surface area (Å²) in [4.78, 5) is 86.5. The molecule has 20 heteroatoms. The standard InChI is InChI=1S/C55H57Cl2N11O7/c1-32-12-14-36(25-43(32)57)60-54(73)59-26-35-13-15-39-41(28-68(53(39)72)46-16-17-47(69)62-51(46)70)49(35)74-30-33(2)52(71)67-24-23-66(27-37(67)18-20-58)50-40-19-22-65(45-11-5-8-34-7-4-10-42(56)48(34)45)29-44(40)61-55(63-50)75-31-38-9-6-21-64(38)3/h4-5,7-8,10-15,25,37-38,46H,2,6,9,16-19,21-24,26-31H2,1,3H3,(H2,59,60,73)(H,62,69,70)/t37-,38-,46?/m0/s1. The molecule has 388 valence electrons. The highest BCUT2D eigenvalue weighted by molar-refractivity contribution is 6.36. The summed E-state index contributed by atoms with van der Waals surface area (Å²) in [6.45, 7) is 9.24. The van der Waals surface area contributed by atoms with Gasteiger partial charge in [0.25, 0.3) is 11.8 Å². The van der Waals surface area contributed by atoms with Crippen LogP contribution in [0.2, 0.25) is 10.0 Å². The number of fused-ring (bicyclic) bond motifs is 3. The van der Waals surface area contributed by atoms with Gasteiger partial charge in [-0.1, -0.05) is 66.2 Å². The summed E-state index contributed by atoms with van der Waals surface area (Å²) in [5.41, 5.74) is 5.53. The number of hydrogen-bond donors (Lipinski definition) is 3. The summed E-state index contributed by atoms with van der Waals surface area (Å²) < 4.78 is 12.9. The van der Waals surface area contributed by atoms with Crippen molar-refractivity contribution < 1.29 is 33.4 Å². The zero-order valence-corrected chi connectivity index (χ0v) is 43.3. The molecule has 4 aromatic carbocycles. The van der Waals surface area contributed by atoms with Crippen LogP contribution in [-0.4, -0.2) is 125 Å². The van der Waals surface area contributed by atoms with Gasteiger partial charge in [-0.3, -0.25) is 24.5 Å². The number of hydrogen-bond acceptors (Lipinski definition) is 13. The molecule has 0 radical (unpaired) electrons. The topological polar surface area (TPSA) is 206 Å². The Morgan fingerprint density at radius 2 is 1.73 bits per heavy atom. The quantitative estimate of drug-likeness (QED) is 0.0764. The lowest BCUT2D eigenvalue weighted by Gasteiger charge is -2.42. The SMILES string of the molecule is C=C(COc1c(CNC(=O)Nc2ccc(C)c(Cl)c2)ccc2c1CN(C1CCC(=O)NC1=O)C2=O)C(=O)N1CCN(c2nc(OC[C@@H]3CCCN3C)nc3c2CCN(c2cccc4cccc(Cl)c24)C3)C[C@@H]1CC#N. The highest BCUT2D eigenvalue weighted by atomic mass is 35.5. The van der Waals surface area contributed by atoms with E-state index in [1.54, 1.807) is 35.2 Å². The Balaban J connectivity index is 0.874. The number of amides is 6. The van der Waals surface area contributed by atoms with Crippen LogP contribution in [0.4, 0.5) is 22.0 Å². The van der Waals surface area contributed by atoms with Gasteiger partial charge < -0.3 is 44.6 Å². The lowest BCUT2D eigenvalue weighted by Crippen LogP contribution is -2.56. The molecule has 3 N–H and O–H groups in total. The molecule has 3 fully saturated rings. The van der Waals surface area contributed by atoms with Crippen LogP contribution in [-0.2, 0) is 40.4 Å². The summed E-state index contributed by atoms with van der Waals surface area (Å²) in [5, 5.41) is 21.3. The number of piperazine rings is 1. The zero-order chi connectivity index (χ0) is 52.5. The third-order valence-electron chi connectivity index (χ3n) is 15.0. The van der Waals surface area contributed by atoms with Crippen LogP contribution in [0.1, 0.15) is 70.4 Å². The summed E-state index contributed by atoms with van der Waals surface area (Å²) >= 11 is 13.1. The monoisotopic (exact) mass is 1050 g/mol. The fourth-order valence-electron chi connectivity index (χ4n) is 10.8. The number of nitriles is 1. The first-order chi connectivity index (χ1) is 36.2. The van der Waals surface area contributed by atoms with Gasteiger partial charge in [0, 0.05) is 94.8 Å². The van der Waals surface area contributed by atoms with E-state index in [1.165, 1.54) is 4.90 Å². The summed E-state index contributed by atoms with van der Waals surface area (Å²) in [5.74, 6) is -0.823. The van der Waals surface area contributed by atoms with Crippen molar-refractivity contribution in [2.75, 3.05) is 68.1 Å². The van der Waals surface area contributed by atoms with E-state index in [1.807, 2.05) is 25.1 Å². The van der Waals surface area contributed by atoms with Gasteiger partial charge in [0.15, 0.2) is 0 Å². The zero-order valence-electron chi connectivity index (χ0n) is 41.8. The number of halogens is 2. The van der Waals surface area contributed by atoms with E-state index in [-0.39, 0.29) is 74.4 Å². The number of urea groups is 1. The minimum absolute atomic E-state index is 0.0169. The number of rotatable bonds is 14. The van der Waals surface area contributed by atoms with E-state index in [4.69, 9.17) is 42.6 Å². The van der Waals surface area contributed by atoms with Gasteiger partial charge >= 0.3 is 12.0 Å². The molecule has 10 rings (SSSR count). The lowest BCUT2D eigenvalue weighted by atomic mass is 10.0. The van der Waals surface area contributed by atoms with Crippen LogP contribution in [0.25, 0.3) is 10.8 Å². The lowest BCUT2D eigenvalue weighted by molar-refractivity contribution is -0.137. The van der Waals surface area contributed by atoms with Gasteiger partial charge in [0.2, 0.25) is 11.8 Å². The molecule has 5 aliphatic rings. The fraction of sp³-hybridized carbons (Fsp3) is 0.382. The van der Waals surface area contributed by atoms with E-state index < -0.39 is 41.7 Å². The molecule has 0 aliphatic carbocycles. The molecule has 3 atom stereocenters. The molecular weight excluding hydrogens is 998 g/mol. The Labute approximate surface area is 444 Å². The molecule has 6 heterocycles. The van der Waals surface area contributed by atoms with Crippen molar-refractivity contribution in [1.82, 2.24) is 35.3 Å². The summed E-state index contributed by atoms with van der Waals surface area (Å²) in [7, 11) is 2.10. The largest absolute Gasteiger partial charge is 0.488 e. The maximum atomic E-state index is 14.5. The Kier molecular flexibility index (Phi) is 14.8. The number of likely N-dealkylation sites (N-methyl/N-ethyl adjacent to an activating group) is 1. The average molecular weight is 1060 g/mol. The van der Waals surface area contributed by atoms with Crippen LogP contribution in [0.5, 0.6) is 11.8 Å². The molecule has 1 aromatic heterocycles. The normalized spacial score (nSPS) is 19.6. The Hall–Kier alpha value is -7.46. The molecule has 18 nitrogen and oxygen atoms in total. The van der Waals surface area contributed by atoms with Gasteiger partial charge in [-0.05, 0) is 87.5 Å². The van der Waals surface area contributed by atoms with Crippen molar-refractivity contribution in [2.45, 2.75) is 83.2 Å². The predicted molar refractivity (Wildman–Crippen MR) is 284 cm³/mol. The van der Waals surface area contributed by atoms with E-state index in [2.05, 4.69) is 68.5 Å². The Morgan fingerprint density at radius 3 is 2.51 bits per heavy atom. The van der Waals surface area contributed by atoms with Crippen molar-refractivity contribution in [1.29, 1.82) is 5.26 Å². The molecule has 6 amide bonds. The van der Waals surface area contributed by atoms with Crippen LogP contribution < -0.4 is 35.2 Å². The second-order valence-electron chi connectivity index (χ2n) is 19.7. The first kappa shape index (κ1) is 51.0. The number of imide groups is 1. The third kappa shape index (κ3) is 10.6. The van der Waals surface area contributed by atoms with Crippen molar-refractivity contribution in [3.8, 4) is 17.8 Å². The minimum atomic E-state index is -0.883. The van der Waals surface area contributed by atoms with Gasteiger partial charge in [-0.2, -0.15) is 15.2 Å². The van der Waals surface area contributed by atoms with E-state index in [0.717, 1.165) is 58.5 Å². The molecular formula is C55H57Cl2N11O7. The number of nitrogens with one attached hydrogen (secondary N) is 3. The number of aromatic nitrogens is 2. The number of aryl methyl sites for hydroxylation is 1. The first-order valence-electron chi connectivity index (χ1n) is 25.2. The van der Waals surface area contributed by atoms with Crippen molar-refractivity contribution in [3.63, 3.8) is 0 Å². The maximum Gasteiger partial charge on any atom is 0.319 e. The van der Waals surface area contributed by atoms with Crippen LogP contribution in [0, 0.1) is 18.3 Å². The van der Waals surface area contributed by atoms with Gasteiger partial charge in [0.05, 0.1) is 42.3 Å². The average Bonchev–Trinajstić information content (AvgIpc) is 4.00. The number of benzene rings is 4. The number of ether oxygens (including phenoxy) is 2. The van der Waals surface area contributed by atoms with E-state index in [9.17, 15) is 29.2 Å². The molecule has 3 saturated heterocycles. The summed E-state index contributed by atoms with van der Waals surface area (Å²) in [6.07, 6.45) is 3.02. The second-order valence-corrected chi connectivity index (χ2v) is 20.5. The van der Waals surface area contributed by atoms with Crippen molar-refractivity contribution in [3.05, 3.63) is 122 Å². The number of anilines is 3. The minimum Gasteiger partial charge on any atom is -0.488 e. The van der Waals surface area contributed by atoms with Crippen LogP contribution >= 0.6 is 23.2 Å². The van der Waals surface area contributed by atoms with E-state index in [0.29, 0.717) is 66.1 Å². The van der Waals surface area contributed by atoms with Gasteiger partial charge in [0.1, 0.15) is 30.8 Å². The predicted octanol–water partition coefficient (Wildman–Crippen LogP) is 6.93. The van der Waals surface area contributed by atoms with Gasteiger partial charge in [-0.15, -0.1) is 0 Å². The number of likely N-dealkylation sites (tertiary alicyclic amines) is 1. The highest BCUT2D eigenvalue weighted by Gasteiger charge is 2.41. The van der Waals surface area contributed by atoms with Gasteiger partial charge in [-0.25, -0.2) is 4.79 Å². The molecule has 0 saturated carbocycles. The molecule has 5 aromatic rings. The summed E-state index contributed by atoms with van der Waals surface area (Å²) in [6, 6.07) is 21.4.